The van der Waals surface area contributed by atoms with Crippen LogP contribution in [0.25, 0.3) is 0 Å². The molecule has 2 aromatic rings. The molecule has 1 atom stereocenters. The molecule has 2 N–H and O–H groups in total. The zero-order valence-corrected chi connectivity index (χ0v) is 14.2. The standard InChI is InChI=1S/C20H24N2O2/c1-3-16-9-11-17(12-10-16)14-22-20(24)19(23)21-13-15(2)18-7-5-4-6-8-18/h4-12,15H,3,13-14H2,1-2H3,(H,21,23)(H,22,24)/t15-/m0/s1. The van der Waals surface area contributed by atoms with Gasteiger partial charge in [-0.25, -0.2) is 0 Å². The van der Waals surface area contributed by atoms with Crippen molar-refractivity contribution in [1.29, 1.82) is 0 Å². The van der Waals surface area contributed by atoms with Crippen LogP contribution in [0.4, 0.5) is 0 Å². The second-order valence-corrected chi connectivity index (χ2v) is 5.87. The van der Waals surface area contributed by atoms with Crippen LogP contribution in [0.15, 0.2) is 54.6 Å². The van der Waals surface area contributed by atoms with E-state index in [9.17, 15) is 9.59 Å². The Hall–Kier alpha value is -2.62. The summed E-state index contributed by atoms with van der Waals surface area (Å²) in [4.78, 5) is 23.7. The van der Waals surface area contributed by atoms with Crippen molar-refractivity contribution in [2.24, 2.45) is 0 Å². The Bertz CT molecular complexity index is 666. The van der Waals surface area contributed by atoms with Gasteiger partial charge in [-0.15, -0.1) is 0 Å². The highest BCUT2D eigenvalue weighted by Crippen LogP contribution is 2.12. The SMILES string of the molecule is CCc1ccc(CNC(=O)C(=O)NC[C@H](C)c2ccccc2)cc1. The lowest BCUT2D eigenvalue weighted by Gasteiger charge is -2.13. The number of amides is 2. The third-order valence-corrected chi connectivity index (χ3v) is 4.03. The smallest absolute Gasteiger partial charge is 0.309 e. The number of rotatable bonds is 6. The molecule has 0 saturated heterocycles. The average molecular weight is 324 g/mol. The first-order valence-electron chi connectivity index (χ1n) is 8.29. The maximum Gasteiger partial charge on any atom is 0.309 e. The van der Waals surface area contributed by atoms with Crippen LogP contribution in [0, 0.1) is 0 Å². The number of hydrogen-bond donors (Lipinski definition) is 2. The van der Waals surface area contributed by atoms with Gasteiger partial charge < -0.3 is 10.6 Å². The number of hydrogen-bond acceptors (Lipinski definition) is 2. The van der Waals surface area contributed by atoms with E-state index in [0.717, 1.165) is 17.5 Å². The van der Waals surface area contributed by atoms with Gasteiger partial charge in [0.25, 0.3) is 0 Å². The van der Waals surface area contributed by atoms with Crippen LogP contribution < -0.4 is 10.6 Å². The maximum absolute atomic E-state index is 11.9. The summed E-state index contributed by atoms with van der Waals surface area (Å²) in [5.41, 5.74) is 3.36. The molecule has 2 aromatic carbocycles. The number of carbonyl (C=O) groups excluding carboxylic acids is 2. The van der Waals surface area contributed by atoms with Crippen LogP contribution >= 0.6 is 0 Å². The van der Waals surface area contributed by atoms with Crippen LogP contribution in [0.5, 0.6) is 0 Å². The zero-order chi connectivity index (χ0) is 17.4. The van der Waals surface area contributed by atoms with E-state index in [4.69, 9.17) is 0 Å². The van der Waals surface area contributed by atoms with Gasteiger partial charge in [-0.3, -0.25) is 9.59 Å². The minimum Gasteiger partial charge on any atom is -0.347 e. The monoisotopic (exact) mass is 324 g/mol. The Morgan fingerprint density at radius 2 is 1.46 bits per heavy atom. The van der Waals surface area contributed by atoms with E-state index < -0.39 is 11.8 Å². The van der Waals surface area contributed by atoms with Gasteiger partial charge in [-0.1, -0.05) is 68.4 Å². The molecule has 0 aromatic heterocycles. The van der Waals surface area contributed by atoms with Crippen LogP contribution in [-0.4, -0.2) is 18.4 Å². The summed E-state index contributed by atoms with van der Waals surface area (Å²) in [5, 5.41) is 5.33. The Morgan fingerprint density at radius 1 is 0.875 bits per heavy atom. The van der Waals surface area contributed by atoms with Crippen molar-refractivity contribution in [3.8, 4) is 0 Å². The molecule has 4 heteroatoms. The average Bonchev–Trinajstić information content (AvgIpc) is 2.64. The molecule has 0 aliphatic heterocycles. The minimum absolute atomic E-state index is 0.157. The highest BCUT2D eigenvalue weighted by molar-refractivity contribution is 6.35. The number of benzene rings is 2. The van der Waals surface area contributed by atoms with Crippen LogP contribution in [0.2, 0.25) is 0 Å². The van der Waals surface area contributed by atoms with E-state index >= 15 is 0 Å². The normalized spacial score (nSPS) is 11.6. The predicted octanol–water partition coefficient (Wildman–Crippen LogP) is 2.79. The molecule has 126 valence electrons. The molecule has 0 saturated carbocycles. The fraction of sp³-hybridized carbons (Fsp3) is 0.300. The van der Waals surface area contributed by atoms with Crippen molar-refractivity contribution < 1.29 is 9.59 Å². The molecule has 24 heavy (non-hydrogen) atoms. The Balaban J connectivity index is 1.76. The summed E-state index contributed by atoms with van der Waals surface area (Å²) >= 11 is 0. The first-order chi connectivity index (χ1) is 11.6. The molecule has 0 aliphatic carbocycles. The van der Waals surface area contributed by atoms with Crippen LogP contribution in [0.1, 0.15) is 36.5 Å². The Morgan fingerprint density at radius 3 is 2.08 bits per heavy atom. The molecular weight excluding hydrogens is 300 g/mol. The lowest BCUT2D eigenvalue weighted by Crippen LogP contribution is -2.40. The number of aryl methyl sites for hydroxylation is 1. The number of nitrogens with one attached hydrogen (secondary N) is 2. The third kappa shape index (κ3) is 5.23. The first kappa shape index (κ1) is 17.7. The third-order valence-electron chi connectivity index (χ3n) is 4.03. The fourth-order valence-corrected chi connectivity index (χ4v) is 2.38. The topological polar surface area (TPSA) is 58.2 Å². The van der Waals surface area contributed by atoms with E-state index in [1.807, 2.05) is 61.5 Å². The van der Waals surface area contributed by atoms with Gasteiger partial charge >= 0.3 is 11.8 Å². The zero-order valence-electron chi connectivity index (χ0n) is 14.2. The summed E-state index contributed by atoms with van der Waals surface area (Å²) in [6.07, 6.45) is 0.981. The van der Waals surface area contributed by atoms with Crippen molar-refractivity contribution in [3.63, 3.8) is 0 Å². The van der Waals surface area contributed by atoms with Crippen molar-refractivity contribution in [2.75, 3.05) is 6.54 Å². The lowest BCUT2D eigenvalue weighted by atomic mass is 10.0. The van der Waals surface area contributed by atoms with E-state index in [1.165, 1.54) is 5.56 Å². The van der Waals surface area contributed by atoms with Gasteiger partial charge in [0.1, 0.15) is 0 Å². The van der Waals surface area contributed by atoms with Gasteiger partial charge in [0, 0.05) is 13.1 Å². The minimum atomic E-state index is -0.602. The van der Waals surface area contributed by atoms with Gasteiger partial charge in [-0.2, -0.15) is 0 Å². The van der Waals surface area contributed by atoms with Crippen molar-refractivity contribution in [3.05, 3.63) is 71.3 Å². The van der Waals surface area contributed by atoms with Crippen LogP contribution in [0.3, 0.4) is 0 Å². The summed E-state index contributed by atoms with van der Waals surface area (Å²) in [7, 11) is 0. The Labute approximate surface area is 143 Å². The molecule has 4 nitrogen and oxygen atoms in total. The quantitative estimate of drug-likeness (QED) is 0.803. The molecule has 2 rings (SSSR count). The van der Waals surface area contributed by atoms with E-state index in [-0.39, 0.29) is 5.92 Å². The molecule has 0 radical (unpaired) electrons. The molecule has 0 bridgehead atoms. The van der Waals surface area contributed by atoms with Crippen molar-refractivity contribution in [2.45, 2.75) is 32.7 Å². The largest absolute Gasteiger partial charge is 0.347 e. The highest BCUT2D eigenvalue weighted by atomic mass is 16.2. The second-order valence-electron chi connectivity index (χ2n) is 5.87. The second kappa shape index (κ2) is 8.87. The molecule has 0 spiro atoms. The van der Waals surface area contributed by atoms with E-state index in [2.05, 4.69) is 17.6 Å². The van der Waals surface area contributed by atoms with E-state index in [1.54, 1.807) is 0 Å². The summed E-state index contributed by atoms with van der Waals surface area (Å²) < 4.78 is 0. The molecule has 2 amide bonds. The molecule has 0 fully saturated rings. The van der Waals surface area contributed by atoms with Crippen LogP contribution in [-0.2, 0) is 22.6 Å². The van der Waals surface area contributed by atoms with Crippen molar-refractivity contribution in [1.82, 2.24) is 10.6 Å². The number of carbonyl (C=O) groups is 2. The van der Waals surface area contributed by atoms with Gasteiger partial charge in [0.05, 0.1) is 0 Å². The van der Waals surface area contributed by atoms with Gasteiger partial charge in [0.2, 0.25) is 0 Å². The Kier molecular flexibility index (Phi) is 6.55. The maximum atomic E-state index is 11.9. The molecule has 0 aliphatic rings. The first-order valence-corrected chi connectivity index (χ1v) is 8.29. The predicted molar refractivity (Wildman–Crippen MR) is 95.5 cm³/mol. The summed E-state index contributed by atoms with van der Waals surface area (Å²) in [5.74, 6) is -1.04. The fourth-order valence-electron chi connectivity index (χ4n) is 2.38. The highest BCUT2D eigenvalue weighted by Gasteiger charge is 2.14. The van der Waals surface area contributed by atoms with Gasteiger partial charge in [-0.05, 0) is 29.0 Å². The molecular formula is C20H24N2O2. The molecule has 0 heterocycles. The van der Waals surface area contributed by atoms with E-state index in [0.29, 0.717) is 13.1 Å². The summed E-state index contributed by atoms with van der Waals surface area (Å²) in [6, 6.07) is 17.9. The molecule has 0 unspecified atom stereocenters. The van der Waals surface area contributed by atoms with Gasteiger partial charge in [0.15, 0.2) is 0 Å². The summed E-state index contributed by atoms with van der Waals surface area (Å²) in [6.45, 7) is 4.90. The lowest BCUT2D eigenvalue weighted by molar-refractivity contribution is -0.139. The van der Waals surface area contributed by atoms with Crippen molar-refractivity contribution >= 4 is 11.8 Å².